The first kappa shape index (κ1) is 21.1. The van der Waals surface area contributed by atoms with Gasteiger partial charge in [-0.05, 0) is 36.2 Å². The highest BCUT2D eigenvalue weighted by Gasteiger charge is 2.46. The fourth-order valence-corrected chi connectivity index (χ4v) is 3.81. The van der Waals surface area contributed by atoms with E-state index in [1.165, 1.54) is 18.1 Å². The zero-order valence-electron chi connectivity index (χ0n) is 17.6. The van der Waals surface area contributed by atoms with Crippen LogP contribution in [0.5, 0.6) is 11.5 Å². The summed E-state index contributed by atoms with van der Waals surface area (Å²) in [6, 6.07) is 14.3. The number of carbonyl (C=O) groups is 2. The van der Waals surface area contributed by atoms with Crippen molar-refractivity contribution in [3.8, 4) is 11.5 Å². The number of ether oxygens (including phenoxy) is 1. The lowest BCUT2D eigenvalue weighted by molar-refractivity contribution is -0.140. The second-order valence-electron chi connectivity index (χ2n) is 7.59. The molecule has 1 aromatic heterocycles. The Hall–Kier alpha value is -4.13. The summed E-state index contributed by atoms with van der Waals surface area (Å²) in [6.45, 7) is 2.04. The van der Waals surface area contributed by atoms with E-state index >= 15 is 0 Å². The summed E-state index contributed by atoms with van der Waals surface area (Å²) in [5, 5.41) is 21.1. The molecule has 2 heterocycles. The van der Waals surface area contributed by atoms with E-state index in [0.29, 0.717) is 11.1 Å². The molecule has 3 aromatic rings. The summed E-state index contributed by atoms with van der Waals surface area (Å²) in [5.41, 5.74) is 2.68. The van der Waals surface area contributed by atoms with E-state index in [4.69, 9.17) is 4.74 Å². The van der Waals surface area contributed by atoms with Gasteiger partial charge in [-0.3, -0.25) is 14.6 Å². The number of rotatable bonds is 5. The average molecular weight is 430 g/mol. The van der Waals surface area contributed by atoms with Crippen LogP contribution in [0.15, 0.2) is 72.6 Å². The van der Waals surface area contributed by atoms with Crippen molar-refractivity contribution in [2.45, 2.75) is 19.5 Å². The minimum absolute atomic E-state index is 0.0181. The number of carbonyl (C=O) groups excluding carboxylic acids is 2. The van der Waals surface area contributed by atoms with Crippen molar-refractivity contribution >= 4 is 17.4 Å². The van der Waals surface area contributed by atoms with Gasteiger partial charge in [0, 0.05) is 24.5 Å². The van der Waals surface area contributed by atoms with Crippen molar-refractivity contribution < 1.29 is 24.5 Å². The monoisotopic (exact) mass is 430 g/mol. The third-order valence-corrected chi connectivity index (χ3v) is 5.46. The third kappa shape index (κ3) is 3.80. The van der Waals surface area contributed by atoms with Gasteiger partial charge in [-0.2, -0.15) is 0 Å². The van der Waals surface area contributed by atoms with Gasteiger partial charge in [0.25, 0.3) is 11.7 Å². The molecule has 1 atom stereocenters. The number of benzene rings is 2. The number of Topliss-reactive ketones (excluding diaryl/α,β-unsaturated/α-hetero) is 1. The maximum atomic E-state index is 13.1. The van der Waals surface area contributed by atoms with Gasteiger partial charge in [-0.15, -0.1) is 0 Å². The van der Waals surface area contributed by atoms with Crippen LogP contribution >= 0.6 is 0 Å². The topological polar surface area (TPSA) is 100.0 Å². The number of phenols is 1. The zero-order valence-corrected chi connectivity index (χ0v) is 17.6. The Kier molecular flexibility index (Phi) is 5.64. The minimum atomic E-state index is -0.869. The Bertz CT molecular complexity index is 1200. The average Bonchev–Trinajstić information content (AvgIpc) is 3.05. The molecule has 0 saturated carbocycles. The molecule has 1 unspecified atom stereocenters. The molecule has 1 fully saturated rings. The van der Waals surface area contributed by atoms with Gasteiger partial charge in [0.05, 0.1) is 18.7 Å². The molecule has 1 saturated heterocycles. The Morgan fingerprint density at radius 1 is 1.12 bits per heavy atom. The Balaban J connectivity index is 1.89. The highest BCUT2D eigenvalue weighted by Crippen LogP contribution is 2.42. The number of aliphatic hydroxyl groups excluding tert-OH is 1. The molecule has 32 heavy (non-hydrogen) atoms. The van der Waals surface area contributed by atoms with Crippen molar-refractivity contribution in [2.75, 3.05) is 7.11 Å². The van der Waals surface area contributed by atoms with E-state index < -0.39 is 17.7 Å². The van der Waals surface area contributed by atoms with Crippen molar-refractivity contribution in [2.24, 2.45) is 0 Å². The van der Waals surface area contributed by atoms with Crippen molar-refractivity contribution in [1.29, 1.82) is 0 Å². The van der Waals surface area contributed by atoms with Crippen LogP contribution in [0.1, 0.15) is 28.3 Å². The van der Waals surface area contributed by atoms with Gasteiger partial charge >= 0.3 is 0 Å². The van der Waals surface area contributed by atoms with Crippen LogP contribution in [-0.2, 0) is 16.1 Å². The van der Waals surface area contributed by atoms with Gasteiger partial charge < -0.3 is 19.8 Å². The first-order chi connectivity index (χ1) is 15.4. The number of nitrogens with zero attached hydrogens (tertiary/aromatic N) is 2. The van der Waals surface area contributed by atoms with Crippen LogP contribution in [-0.4, -0.2) is 38.9 Å². The second kappa shape index (κ2) is 8.55. The molecule has 2 aromatic carbocycles. The maximum absolute atomic E-state index is 13.1. The molecule has 7 nitrogen and oxygen atoms in total. The minimum Gasteiger partial charge on any atom is -0.507 e. The normalized spacial score (nSPS) is 17.6. The quantitative estimate of drug-likeness (QED) is 0.364. The Morgan fingerprint density at radius 3 is 2.53 bits per heavy atom. The molecule has 162 valence electrons. The molecule has 1 amide bonds. The SMILES string of the molecule is COc1cc(C2/C(=C(/O)c3ccc(C)cc3)C(=O)C(=O)N2Cc2cccnc2)ccc1O. The highest BCUT2D eigenvalue weighted by molar-refractivity contribution is 6.46. The number of hydrogen-bond donors (Lipinski definition) is 2. The summed E-state index contributed by atoms with van der Waals surface area (Å²) < 4.78 is 5.22. The zero-order chi connectivity index (χ0) is 22.8. The lowest BCUT2D eigenvalue weighted by atomic mass is 9.94. The number of hydrogen-bond acceptors (Lipinski definition) is 6. The first-order valence-corrected chi connectivity index (χ1v) is 10.0. The molecule has 0 bridgehead atoms. The van der Waals surface area contributed by atoms with E-state index in [1.54, 1.807) is 48.8 Å². The molecule has 4 rings (SSSR count). The van der Waals surface area contributed by atoms with Crippen LogP contribution < -0.4 is 4.74 Å². The summed E-state index contributed by atoms with van der Waals surface area (Å²) >= 11 is 0. The number of aryl methyl sites for hydroxylation is 1. The van der Waals surface area contributed by atoms with Crippen LogP contribution in [0.2, 0.25) is 0 Å². The predicted molar refractivity (Wildman–Crippen MR) is 118 cm³/mol. The van der Waals surface area contributed by atoms with Gasteiger partial charge in [0.15, 0.2) is 11.5 Å². The Labute approximate surface area is 185 Å². The van der Waals surface area contributed by atoms with Crippen LogP contribution in [0.3, 0.4) is 0 Å². The molecule has 0 aliphatic carbocycles. The summed E-state index contributed by atoms with van der Waals surface area (Å²) in [6.07, 6.45) is 3.24. The van der Waals surface area contributed by atoms with E-state index in [-0.39, 0.29) is 29.4 Å². The fourth-order valence-electron chi connectivity index (χ4n) is 3.81. The van der Waals surface area contributed by atoms with Gasteiger partial charge in [0.2, 0.25) is 0 Å². The molecular formula is C25H22N2O5. The number of phenolic OH excluding ortho intramolecular Hbond substituents is 1. The van der Waals surface area contributed by atoms with Crippen LogP contribution in [0.25, 0.3) is 5.76 Å². The van der Waals surface area contributed by atoms with Gasteiger partial charge in [0.1, 0.15) is 5.76 Å². The summed E-state index contributed by atoms with van der Waals surface area (Å²) in [5.74, 6) is -1.62. The van der Waals surface area contributed by atoms with E-state index in [2.05, 4.69) is 4.98 Å². The fraction of sp³-hybridized carbons (Fsp3) is 0.160. The smallest absolute Gasteiger partial charge is 0.295 e. The lowest BCUT2D eigenvalue weighted by Crippen LogP contribution is -2.29. The third-order valence-electron chi connectivity index (χ3n) is 5.46. The molecular weight excluding hydrogens is 408 g/mol. The molecule has 1 aliphatic rings. The number of aromatic nitrogens is 1. The summed E-state index contributed by atoms with van der Waals surface area (Å²) in [7, 11) is 1.41. The molecule has 7 heteroatoms. The van der Waals surface area contributed by atoms with Crippen molar-refractivity contribution in [3.05, 3.63) is 94.8 Å². The number of ketones is 1. The standard InChI is InChI=1S/C25H22N2O5/c1-15-5-7-17(8-6-15)23(29)21-22(18-9-10-19(28)20(12-18)32-2)27(25(31)24(21)30)14-16-4-3-11-26-13-16/h3-13,22,28-29H,14H2,1-2H3/b23-21-. The summed E-state index contributed by atoms with van der Waals surface area (Å²) in [4.78, 5) is 31.6. The number of methoxy groups -OCH3 is 1. The van der Waals surface area contributed by atoms with Crippen LogP contribution in [0, 0.1) is 6.92 Å². The molecule has 2 N–H and O–H groups in total. The van der Waals surface area contributed by atoms with Crippen molar-refractivity contribution in [3.63, 3.8) is 0 Å². The number of likely N-dealkylation sites (tertiary alicyclic amines) is 1. The molecule has 0 radical (unpaired) electrons. The largest absolute Gasteiger partial charge is 0.507 e. The van der Waals surface area contributed by atoms with Crippen molar-refractivity contribution in [1.82, 2.24) is 9.88 Å². The number of pyridine rings is 1. The molecule has 1 aliphatic heterocycles. The highest BCUT2D eigenvalue weighted by atomic mass is 16.5. The van der Waals surface area contributed by atoms with Crippen LogP contribution in [0.4, 0.5) is 0 Å². The number of amides is 1. The predicted octanol–water partition coefficient (Wildman–Crippen LogP) is 3.73. The first-order valence-electron chi connectivity index (χ1n) is 10.0. The van der Waals surface area contributed by atoms with E-state index in [9.17, 15) is 19.8 Å². The lowest BCUT2D eigenvalue weighted by Gasteiger charge is -2.25. The number of aliphatic hydroxyl groups is 1. The maximum Gasteiger partial charge on any atom is 0.295 e. The van der Waals surface area contributed by atoms with Gasteiger partial charge in [-0.1, -0.05) is 42.0 Å². The Morgan fingerprint density at radius 2 is 1.88 bits per heavy atom. The van der Waals surface area contributed by atoms with E-state index in [1.807, 2.05) is 19.1 Å². The second-order valence-corrected chi connectivity index (χ2v) is 7.59. The van der Waals surface area contributed by atoms with E-state index in [0.717, 1.165) is 11.1 Å². The van der Waals surface area contributed by atoms with Gasteiger partial charge in [-0.25, -0.2) is 0 Å². The molecule has 0 spiro atoms. The number of aromatic hydroxyl groups is 1.